The van der Waals surface area contributed by atoms with E-state index < -0.39 is 0 Å². The van der Waals surface area contributed by atoms with Crippen LogP contribution in [-0.4, -0.2) is 6.54 Å². The van der Waals surface area contributed by atoms with Crippen molar-refractivity contribution in [2.45, 2.75) is 45.6 Å². The molecule has 1 unspecified atom stereocenters. The zero-order chi connectivity index (χ0) is 13.4. The van der Waals surface area contributed by atoms with Crippen LogP contribution in [0.4, 0.5) is 4.39 Å². The van der Waals surface area contributed by atoms with Crippen molar-refractivity contribution < 1.29 is 4.39 Å². The summed E-state index contributed by atoms with van der Waals surface area (Å²) in [6, 6.07) is 5.19. The minimum absolute atomic E-state index is 0.171. The highest BCUT2D eigenvalue weighted by atomic mass is 19.1. The number of hydrogen-bond donors (Lipinski definition) is 1. The molecule has 0 radical (unpaired) electrons. The lowest BCUT2D eigenvalue weighted by atomic mass is 9.96. The second-order valence-corrected chi connectivity index (χ2v) is 4.60. The number of aryl methyl sites for hydroxylation is 1. The SMILES string of the molecule is C#CCCCC(NCCC)c1cc(F)ccc1C. The number of rotatable bonds is 7. The van der Waals surface area contributed by atoms with Crippen LogP contribution in [0.25, 0.3) is 0 Å². The molecule has 0 saturated carbocycles. The van der Waals surface area contributed by atoms with Crippen LogP contribution in [0.5, 0.6) is 0 Å². The molecule has 1 aromatic carbocycles. The Morgan fingerprint density at radius 1 is 1.44 bits per heavy atom. The first-order valence-electron chi connectivity index (χ1n) is 6.62. The van der Waals surface area contributed by atoms with Gasteiger partial charge in [-0.25, -0.2) is 4.39 Å². The van der Waals surface area contributed by atoms with E-state index in [1.165, 1.54) is 6.07 Å². The molecule has 98 valence electrons. The van der Waals surface area contributed by atoms with Crippen LogP contribution in [0.2, 0.25) is 0 Å². The molecule has 0 aromatic heterocycles. The number of nitrogens with one attached hydrogen (secondary N) is 1. The van der Waals surface area contributed by atoms with Gasteiger partial charge in [0.2, 0.25) is 0 Å². The number of halogens is 1. The molecule has 0 amide bonds. The van der Waals surface area contributed by atoms with Crippen molar-refractivity contribution in [1.82, 2.24) is 5.32 Å². The average Bonchev–Trinajstić information content (AvgIpc) is 2.37. The first-order chi connectivity index (χ1) is 8.69. The van der Waals surface area contributed by atoms with Crippen molar-refractivity contribution in [3.05, 3.63) is 35.1 Å². The molecule has 0 saturated heterocycles. The molecule has 0 bridgehead atoms. The minimum atomic E-state index is -0.171. The van der Waals surface area contributed by atoms with Crippen molar-refractivity contribution in [2.24, 2.45) is 0 Å². The summed E-state index contributed by atoms with van der Waals surface area (Å²) in [4.78, 5) is 0. The maximum Gasteiger partial charge on any atom is 0.123 e. The Bertz CT molecular complexity index is 406. The average molecular weight is 247 g/mol. The molecular weight excluding hydrogens is 225 g/mol. The van der Waals surface area contributed by atoms with Gasteiger partial charge in [-0.15, -0.1) is 12.3 Å². The van der Waals surface area contributed by atoms with Gasteiger partial charge in [0.15, 0.2) is 0 Å². The topological polar surface area (TPSA) is 12.0 Å². The molecule has 1 aromatic rings. The fraction of sp³-hybridized carbons (Fsp3) is 0.500. The first kappa shape index (κ1) is 14.7. The van der Waals surface area contributed by atoms with E-state index in [0.29, 0.717) is 0 Å². The van der Waals surface area contributed by atoms with Crippen LogP contribution in [0.15, 0.2) is 18.2 Å². The van der Waals surface area contributed by atoms with E-state index in [-0.39, 0.29) is 11.9 Å². The van der Waals surface area contributed by atoms with Gasteiger partial charge in [-0.1, -0.05) is 13.0 Å². The van der Waals surface area contributed by atoms with Crippen molar-refractivity contribution in [3.8, 4) is 12.3 Å². The van der Waals surface area contributed by atoms with E-state index in [4.69, 9.17) is 6.42 Å². The van der Waals surface area contributed by atoms with Crippen LogP contribution in [0, 0.1) is 25.1 Å². The van der Waals surface area contributed by atoms with Crippen LogP contribution in [0.1, 0.15) is 49.8 Å². The lowest BCUT2D eigenvalue weighted by Gasteiger charge is -2.20. The Morgan fingerprint density at radius 2 is 2.22 bits per heavy atom. The maximum absolute atomic E-state index is 13.4. The molecule has 18 heavy (non-hydrogen) atoms. The van der Waals surface area contributed by atoms with Crippen LogP contribution in [-0.2, 0) is 0 Å². The summed E-state index contributed by atoms with van der Waals surface area (Å²) in [5, 5.41) is 3.48. The smallest absolute Gasteiger partial charge is 0.123 e. The van der Waals surface area contributed by atoms with Gasteiger partial charge in [0.05, 0.1) is 0 Å². The van der Waals surface area contributed by atoms with Crippen molar-refractivity contribution >= 4 is 0 Å². The van der Waals surface area contributed by atoms with Gasteiger partial charge in [0, 0.05) is 12.5 Å². The van der Waals surface area contributed by atoms with E-state index in [2.05, 4.69) is 18.2 Å². The summed E-state index contributed by atoms with van der Waals surface area (Å²) in [5.74, 6) is 2.48. The van der Waals surface area contributed by atoms with Crippen LogP contribution in [0.3, 0.4) is 0 Å². The van der Waals surface area contributed by atoms with Crippen molar-refractivity contribution in [3.63, 3.8) is 0 Å². The zero-order valence-corrected chi connectivity index (χ0v) is 11.3. The fourth-order valence-corrected chi connectivity index (χ4v) is 2.08. The maximum atomic E-state index is 13.4. The molecular formula is C16H22FN. The number of unbranched alkanes of at least 4 members (excludes halogenated alkanes) is 1. The molecule has 1 rings (SSSR count). The highest BCUT2D eigenvalue weighted by Gasteiger charge is 2.13. The molecule has 2 heteroatoms. The number of terminal acetylenes is 1. The van der Waals surface area contributed by atoms with E-state index in [9.17, 15) is 4.39 Å². The summed E-state index contributed by atoms with van der Waals surface area (Å²) in [6.07, 6.45) is 9.04. The molecule has 0 aliphatic rings. The zero-order valence-electron chi connectivity index (χ0n) is 11.3. The molecule has 1 atom stereocenters. The van der Waals surface area contributed by atoms with Gasteiger partial charge in [-0.05, 0) is 56.0 Å². The predicted molar refractivity (Wildman–Crippen MR) is 74.9 cm³/mol. The second-order valence-electron chi connectivity index (χ2n) is 4.60. The van der Waals surface area contributed by atoms with E-state index in [1.807, 2.05) is 13.0 Å². The van der Waals surface area contributed by atoms with Gasteiger partial charge >= 0.3 is 0 Å². The van der Waals surface area contributed by atoms with Gasteiger partial charge in [-0.2, -0.15) is 0 Å². The Balaban J connectivity index is 2.79. The van der Waals surface area contributed by atoms with Crippen LogP contribution < -0.4 is 5.32 Å². The normalized spacial score (nSPS) is 12.1. The monoisotopic (exact) mass is 247 g/mol. The fourth-order valence-electron chi connectivity index (χ4n) is 2.08. The number of hydrogen-bond acceptors (Lipinski definition) is 1. The quantitative estimate of drug-likeness (QED) is 0.567. The molecule has 1 N–H and O–H groups in total. The number of benzene rings is 1. The Labute approximate surface area is 110 Å². The molecule has 0 aliphatic carbocycles. The molecule has 1 nitrogen and oxygen atoms in total. The summed E-state index contributed by atoms with van der Waals surface area (Å²) in [6.45, 7) is 5.09. The van der Waals surface area contributed by atoms with Gasteiger partial charge in [0.1, 0.15) is 5.82 Å². The third-order valence-electron chi connectivity index (χ3n) is 3.07. The van der Waals surface area contributed by atoms with Crippen LogP contribution >= 0.6 is 0 Å². The Morgan fingerprint density at radius 3 is 2.89 bits per heavy atom. The summed E-state index contributed by atoms with van der Waals surface area (Å²) in [5.41, 5.74) is 2.19. The lowest BCUT2D eigenvalue weighted by Crippen LogP contribution is -2.23. The predicted octanol–water partition coefficient (Wildman–Crippen LogP) is 3.98. The van der Waals surface area contributed by atoms with Crippen molar-refractivity contribution in [2.75, 3.05) is 6.54 Å². The van der Waals surface area contributed by atoms with Gasteiger partial charge in [-0.3, -0.25) is 0 Å². The summed E-state index contributed by atoms with van der Waals surface area (Å²) in [7, 11) is 0. The van der Waals surface area contributed by atoms with E-state index >= 15 is 0 Å². The third kappa shape index (κ3) is 4.50. The highest BCUT2D eigenvalue weighted by Crippen LogP contribution is 2.23. The van der Waals surface area contributed by atoms with Crippen molar-refractivity contribution in [1.29, 1.82) is 0 Å². The van der Waals surface area contributed by atoms with Gasteiger partial charge in [0.25, 0.3) is 0 Å². The Kier molecular flexibility index (Phi) is 6.46. The first-order valence-corrected chi connectivity index (χ1v) is 6.62. The van der Waals surface area contributed by atoms with Gasteiger partial charge < -0.3 is 5.32 Å². The molecule has 0 spiro atoms. The molecule has 0 aliphatic heterocycles. The summed E-state index contributed by atoms with van der Waals surface area (Å²) >= 11 is 0. The standard InChI is InChI=1S/C16H22FN/c1-4-6-7-8-16(18-11-5-2)15-12-14(17)10-9-13(15)3/h1,9-10,12,16,18H,5-8,11H2,2-3H3. The third-order valence-corrected chi connectivity index (χ3v) is 3.07. The summed E-state index contributed by atoms with van der Waals surface area (Å²) < 4.78 is 13.4. The Hall–Kier alpha value is -1.33. The highest BCUT2D eigenvalue weighted by molar-refractivity contribution is 5.29. The van der Waals surface area contributed by atoms with E-state index in [0.717, 1.165) is 43.4 Å². The molecule has 0 heterocycles. The second kappa shape index (κ2) is 7.89. The van der Waals surface area contributed by atoms with E-state index in [1.54, 1.807) is 6.07 Å². The lowest BCUT2D eigenvalue weighted by molar-refractivity contribution is 0.482. The minimum Gasteiger partial charge on any atom is -0.310 e. The largest absolute Gasteiger partial charge is 0.310 e. The molecule has 0 fully saturated rings.